The van der Waals surface area contributed by atoms with Gasteiger partial charge in [-0.2, -0.15) is 18.0 Å². The first-order valence-corrected chi connectivity index (χ1v) is 10.2. The largest absolute Gasteiger partial charge is 0.416 e. The Morgan fingerprint density at radius 2 is 1.84 bits per heavy atom. The van der Waals surface area contributed by atoms with Gasteiger partial charge in [-0.1, -0.05) is 30.3 Å². The fourth-order valence-corrected chi connectivity index (χ4v) is 4.05. The maximum Gasteiger partial charge on any atom is 0.416 e. The summed E-state index contributed by atoms with van der Waals surface area (Å²) >= 11 is 0. The van der Waals surface area contributed by atoms with E-state index in [9.17, 15) is 13.2 Å². The molecule has 1 fully saturated rings. The number of benzene rings is 2. The number of aromatic nitrogens is 4. The Balaban J connectivity index is 1.56. The van der Waals surface area contributed by atoms with Crippen molar-refractivity contribution in [2.24, 2.45) is 7.05 Å². The van der Waals surface area contributed by atoms with Crippen molar-refractivity contribution in [3.05, 3.63) is 65.2 Å². The molecule has 0 aliphatic carbocycles. The van der Waals surface area contributed by atoms with Crippen molar-refractivity contribution in [2.75, 3.05) is 19.7 Å². The summed E-state index contributed by atoms with van der Waals surface area (Å²) in [5.74, 6) is 0.147. The van der Waals surface area contributed by atoms with Gasteiger partial charge in [0.25, 0.3) is 0 Å². The quantitative estimate of drug-likeness (QED) is 0.644. The lowest BCUT2D eigenvalue weighted by molar-refractivity contribution is -0.137. The molecule has 0 radical (unpaired) electrons. The van der Waals surface area contributed by atoms with E-state index in [2.05, 4.69) is 32.9 Å². The number of halogens is 3. The van der Waals surface area contributed by atoms with E-state index in [1.54, 1.807) is 13.1 Å². The maximum atomic E-state index is 13.5. The second-order valence-electron chi connectivity index (χ2n) is 7.91. The van der Waals surface area contributed by atoms with E-state index in [1.165, 1.54) is 10.4 Å². The summed E-state index contributed by atoms with van der Waals surface area (Å²) in [5, 5.41) is 15.0. The van der Waals surface area contributed by atoms with Crippen LogP contribution < -0.4 is 5.32 Å². The lowest BCUT2D eigenvalue weighted by Crippen LogP contribution is -2.43. The third-order valence-corrected chi connectivity index (χ3v) is 5.68. The van der Waals surface area contributed by atoms with Gasteiger partial charge in [-0.15, -0.1) is 10.2 Å². The maximum absolute atomic E-state index is 13.5. The van der Waals surface area contributed by atoms with E-state index in [0.717, 1.165) is 38.1 Å². The van der Waals surface area contributed by atoms with Crippen LogP contribution in [0.3, 0.4) is 0 Å². The monoisotopic (exact) mass is 431 g/mol. The summed E-state index contributed by atoms with van der Waals surface area (Å²) in [7, 11) is 1.57. The Morgan fingerprint density at radius 1 is 1.10 bits per heavy atom. The van der Waals surface area contributed by atoms with Crippen LogP contribution in [0.5, 0.6) is 0 Å². The van der Waals surface area contributed by atoms with Crippen LogP contribution in [0, 0.1) is 0 Å². The summed E-state index contributed by atoms with van der Waals surface area (Å²) in [6.07, 6.45) is -2.66. The van der Waals surface area contributed by atoms with Gasteiger partial charge in [0.1, 0.15) is 0 Å². The van der Waals surface area contributed by atoms with Gasteiger partial charge in [-0.05, 0) is 60.5 Å². The molecule has 0 unspecified atom stereocenters. The fourth-order valence-electron chi connectivity index (χ4n) is 4.05. The van der Waals surface area contributed by atoms with E-state index < -0.39 is 11.7 Å². The molecule has 31 heavy (non-hydrogen) atoms. The summed E-state index contributed by atoms with van der Waals surface area (Å²) in [5.41, 5.74) is 0.986. The Hall–Kier alpha value is -2.78. The first kappa shape index (κ1) is 21.5. The molecule has 1 saturated heterocycles. The molecular weight excluding hydrogens is 407 g/mol. The Bertz CT molecular complexity index is 1010. The van der Waals surface area contributed by atoms with E-state index in [4.69, 9.17) is 4.74 Å². The van der Waals surface area contributed by atoms with Gasteiger partial charge in [0.05, 0.1) is 25.8 Å². The molecule has 1 aromatic heterocycles. The summed E-state index contributed by atoms with van der Waals surface area (Å²) in [6.45, 7) is 2.27. The standard InChI is InChI=1S/C22H24F3N5O/c1-30-28-20(27-29-30)17-11-16(12-19(13-17)22(23,24)25)14-31-15-21(7-9-26-10-8-21)18-5-3-2-4-6-18/h2-6,11-13,26H,7-10,14-15H2,1H3. The second-order valence-corrected chi connectivity index (χ2v) is 7.91. The van der Waals surface area contributed by atoms with Crippen LogP contribution in [-0.2, 0) is 30.0 Å². The molecule has 0 spiro atoms. The third-order valence-electron chi connectivity index (χ3n) is 5.68. The van der Waals surface area contributed by atoms with Crippen LogP contribution in [0.1, 0.15) is 29.5 Å². The summed E-state index contributed by atoms with van der Waals surface area (Å²) in [4.78, 5) is 1.21. The van der Waals surface area contributed by atoms with Gasteiger partial charge < -0.3 is 10.1 Å². The van der Waals surface area contributed by atoms with Crippen molar-refractivity contribution in [2.45, 2.75) is 31.0 Å². The van der Waals surface area contributed by atoms with Crippen molar-refractivity contribution >= 4 is 0 Å². The molecule has 1 aliphatic rings. The van der Waals surface area contributed by atoms with Crippen LogP contribution in [0.15, 0.2) is 48.5 Å². The molecule has 0 bridgehead atoms. The number of hydrogen-bond donors (Lipinski definition) is 1. The lowest BCUT2D eigenvalue weighted by atomic mass is 9.74. The topological polar surface area (TPSA) is 64.9 Å². The molecular formula is C22H24F3N5O. The minimum absolute atomic E-state index is 0.0686. The highest BCUT2D eigenvalue weighted by atomic mass is 19.4. The number of rotatable bonds is 6. The number of piperidine rings is 1. The summed E-state index contributed by atoms with van der Waals surface area (Å²) in [6, 6.07) is 14.0. The van der Waals surface area contributed by atoms with Crippen molar-refractivity contribution in [1.29, 1.82) is 0 Å². The molecule has 0 saturated carbocycles. The zero-order valence-electron chi connectivity index (χ0n) is 17.2. The molecule has 164 valence electrons. The predicted molar refractivity (Wildman–Crippen MR) is 109 cm³/mol. The van der Waals surface area contributed by atoms with Crippen LogP contribution >= 0.6 is 0 Å². The van der Waals surface area contributed by atoms with Gasteiger partial charge >= 0.3 is 6.18 Å². The van der Waals surface area contributed by atoms with Gasteiger partial charge in [-0.25, -0.2) is 0 Å². The summed E-state index contributed by atoms with van der Waals surface area (Å²) < 4.78 is 46.4. The Morgan fingerprint density at radius 3 is 2.48 bits per heavy atom. The fraction of sp³-hybridized carbons (Fsp3) is 0.409. The molecule has 1 N–H and O–H groups in total. The van der Waals surface area contributed by atoms with E-state index in [1.807, 2.05) is 18.2 Å². The number of aryl methyl sites for hydroxylation is 1. The normalized spacial score (nSPS) is 16.4. The third kappa shape index (κ3) is 4.94. The van der Waals surface area contributed by atoms with E-state index >= 15 is 0 Å². The van der Waals surface area contributed by atoms with Crippen molar-refractivity contribution in [3.8, 4) is 11.4 Å². The van der Waals surface area contributed by atoms with E-state index in [-0.39, 0.29) is 23.4 Å². The van der Waals surface area contributed by atoms with Crippen LogP contribution in [0.4, 0.5) is 13.2 Å². The van der Waals surface area contributed by atoms with Crippen molar-refractivity contribution in [3.63, 3.8) is 0 Å². The molecule has 4 rings (SSSR count). The average Bonchev–Trinajstić information content (AvgIpc) is 3.21. The molecule has 1 aliphatic heterocycles. The zero-order valence-corrected chi connectivity index (χ0v) is 17.2. The molecule has 6 nitrogen and oxygen atoms in total. The lowest BCUT2D eigenvalue weighted by Gasteiger charge is -2.38. The smallest absolute Gasteiger partial charge is 0.376 e. The molecule has 0 amide bonds. The molecule has 3 aromatic rings. The highest BCUT2D eigenvalue weighted by Crippen LogP contribution is 2.35. The molecule has 9 heteroatoms. The highest BCUT2D eigenvalue weighted by molar-refractivity contribution is 5.57. The van der Waals surface area contributed by atoms with Crippen LogP contribution in [0.2, 0.25) is 0 Å². The van der Waals surface area contributed by atoms with Crippen molar-refractivity contribution in [1.82, 2.24) is 25.5 Å². The van der Waals surface area contributed by atoms with E-state index in [0.29, 0.717) is 12.2 Å². The second kappa shape index (κ2) is 8.76. The Kier molecular flexibility index (Phi) is 6.06. The minimum atomic E-state index is -4.48. The van der Waals surface area contributed by atoms with Crippen molar-refractivity contribution < 1.29 is 17.9 Å². The highest BCUT2D eigenvalue weighted by Gasteiger charge is 2.35. The number of ether oxygens (including phenoxy) is 1. The van der Waals surface area contributed by atoms with Gasteiger partial charge in [0, 0.05) is 11.0 Å². The minimum Gasteiger partial charge on any atom is -0.376 e. The average molecular weight is 431 g/mol. The number of hydrogen-bond acceptors (Lipinski definition) is 5. The molecule has 2 aromatic carbocycles. The zero-order chi connectivity index (χ0) is 21.9. The van der Waals surface area contributed by atoms with Crippen LogP contribution in [0.25, 0.3) is 11.4 Å². The van der Waals surface area contributed by atoms with Gasteiger partial charge in [0.2, 0.25) is 5.82 Å². The van der Waals surface area contributed by atoms with Gasteiger partial charge in [0.15, 0.2) is 0 Å². The predicted octanol–water partition coefficient (Wildman–Crippen LogP) is 3.73. The number of tetrazole rings is 1. The molecule has 0 atom stereocenters. The number of nitrogens with one attached hydrogen (secondary N) is 1. The SMILES string of the molecule is Cn1nnc(-c2cc(COCC3(c4ccccc4)CCNCC3)cc(C(F)(F)F)c2)n1. The Labute approximate surface area is 178 Å². The number of alkyl halides is 3. The van der Waals surface area contributed by atoms with Crippen LogP contribution in [-0.4, -0.2) is 39.9 Å². The first-order valence-electron chi connectivity index (χ1n) is 10.2. The first-order chi connectivity index (χ1) is 14.9. The molecule has 2 heterocycles. The van der Waals surface area contributed by atoms with Gasteiger partial charge in [-0.3, -0.25) is 0 Å². The number of nitrogens with zero attached hydrogens (tertiary/aromatic N) is 4.